The SMILES string of the molecule is Nc1cc(O)c2c(c1)[C@@H](N)CCO2. The Hall–Kier alpha value is -1.42. The lowest BCUT2D eigenvalue weighted by Crippen LogP contribution is -2.20. The molecule has 5 N–H and O–H groups in total. The number of fused-ring (bicyclic) bond motifs is 1. The summed E-state index contributed by atoms with van der Waals surface area (Å²) in [6.45, 7) is 0.547. The molecule has 0 bridgehead atoms. The number of aromatic hydroxyl groups is 1. The third-order valence-corrected chi connectivity index (χ3v) is 2.20. The molecule has 0 fully saturated rings. The van der Waals surface area contributed by atoms with Gasteiger partial charge in [-0.3, -0.25) is 0 Å². The summed E-state index contributed by atoms with van der Waals surface area (Å²) in [6.07, 6.45) is 0.760. The van der Waals surface area contributed by atoms with Crippen molar-refractivity contribution in [1.29, 1.82) is 0 Å². The average Bonchev–Trinajstić information content (AvgIpc) is 2.07. The van der Waals surface area contributed by atoms with Crippen molar-refractivity contribution < 1.29 is 9.84 Å². The average molecular weight is 180 g/mol. The number of ether oxygens (including phenoxy) is 1. The van der Waals surface area contributed by atoms with E-state index in [4.69, 9.17) is 16.2 Å². The molecular weight excluding hydrogens is 168 g/mol. The second-order valence-corrected chi connectivity index (χ2v) is 3.20. The first-order valence-electron chi connectivity index (χ1n) is 4.19. The van der Waals surface area contributed by atoms with Crippen LogP contribution < -0.4 is 16.2 Å². The lowest BCUT2D eigenvalue weighted by molar-refractivity contribution is 0.256. The Morgan fingerprint density at radius 3 is 3.00 bits per heavy atom. The summed E-state index contributed by atoms with van der Waals surface area (Å²) in [4.78, 5) is 0. The summed E-state index contributed by atoms with van der Waals surface area (Å²) in [6, 6.07) is 3.13. The molecule has 70 valence electrons. The van der Waals surface area contributed by atoms with Gasteiger partial charge in [-0.1, -0.05) is 0 Å². The zero-order valence-corrected chi connectivity index (χ0v) is 7.16. The number of hydrogen-bond donors (Lipinski definition) is 3. The van der Waals surface area contributed by atoms with Crippen LogP contribution in [0.2, 0.25) is 0 Å². The van der Waals surface area contributed by atoms with Crippen molar-refractivity contribution in [2.75, 3.05) is 12.3 Å². The van der Waals surface area contributed by atoms with Crippen molar-refractivity contribution in [3.63, 3.8) is 0 Å². The predicted molar refractivity (Wildman–Crippen MR) is 49.6 cm³/mol. The van der Waals surface area contributed by atoms with Crippen molar-refractivity contribution in [3.05, 3.63) is 17.7 Å². The lowest BCUT2D eigenvalue weighted by Gasteiger charge is -2.23. The highest BCUT2D eigenvalue weighted by Gasteiger charge is 2.21. The van der Waals surface area contributed by atoms with Crippen molar-refractivity contribution in [1.82, 2.24) is 0 Å². The van der Waals surface area contributed by atoms with Gasteiger partial charge >= 0.3 is 0 Å². The van der Waals surface area contributed by atoms with Crippen LogP contribution >= 0.6 is 0 Å². The highest BCUT2D eigenvalue weighted by Crippen LogP contribution is 2.39. The zero-order chi connectivity index (χ0) is 9.42. The standard InChI is InChI=1S/C9H12N2O2/c10-5-3-6-7(11)1-2-13-9(6)8(12)4-5/h3-4,7,12H,1-2,10-11H2/t7-/m0/s1. The van der Waals surface area contributed by atoms with Crippen LogP contribution in [0.15, 0.2) is 12.1 Å². The van der Waals surface area contributed by atoms with Crippen LogP contribution in [-0.2, 0) is 0 Å². The largest absolute Gasteiger partial charge is 0.504 e. The normalized spacial score (nSPS) is 20.5. The molecule has 1 heterocycles. The van der Waals surface area contributed by atoms with Crippen LogP contribution in [0.1, 0.15) is 18.0 Å². The van der Waals surface area contributed by atoms with Gasteiger partial charge in [0.15, 0.2) is 11.5 Å². The lowest BCUT2D eigenvalue weighted by atomic mass is 10.0. The number of anilines is 1. The Morgan fingerprint density at radius 2 is 2.23 bits per heavy atom. The smallest absolute Gasteiger partial charge is 0.165 e. The number of benzene rings is 1. The fourth-order valence-corrected chi connectivity index (χ4v) is 1.53. The quantitative estimate of drug-likeness (QED) is 0.515. The van der Waals surface area contributed by atoms with E-state index in [1.54, 1.807) is 6.07 Å². The van der Waals surface area contributed by atoms with Gasteiger partial charge < -0.3 is 21.3 Å². The van der Waals surface area contributed by atoms with E-state index in [9.17, 15) is 5.11 Å². The number of rotatable bonds is 0. The van der Waals surface area contributed by atoms with E-state index < -0.39 is 0 Å². The molecule has 0 radical (unpaired) electrons. The van der Waals surface area contributed by atoms with Gasteiger partial charge in [-0.2, -0.15) is 0 Å². The molecule has 0 saturated carbocycles. The van der Waals surface area contributed by atoms with Gasteiger partial charge in [0.2, 0.25) is 0 Å². The van der Waals surface area contributed by atoms with Gasteiger partial charge in [0, 0.05) is 29.8 Å². The van der Waals surface area contributed by atoms with Crippen LogP contribution in [0.3, 0.4) is 0 Å². The minimum Gasteiger partial charge on any atom is -0.504 e. The second-order valence-electron chi connectivity index (χ2n) is 3.20. The topological polar surface area (TPSA) is 81.5 Å². The predicted octanol–water partition coefficient (Wildman–Crippen LogP) is 0.757. The van der Waals surface area contributed by atoms with Crippen molar-refractivity contribution >= 4 is 5.69 Å². The maximum absolute atomic E-state index is 9.49. The second kappa shape index (κ2) is 2.81. The summed E-state index contributed by atoms with van der Waals surface area (Å²) >= 11 is 0. The van der Waals surface area contributed by atoms with E-state index in [-0.39, 0.29) is 11.8 Å². The van der Waals surface area contributed by atoms with E-state index in [1.807, 2.05) is 0 Å². The van der Waals surface area contributed by atoms with Gasteiger partial charge in [0.25, 0.3) is 0 Å². The Morgan fingerprint density at radius 1 is 1.46 bits per heavy atom. The molecule has 0 aromatic heterocycles. The zero-order valence-electron chi connectivity index (χ0n) is 7.16. The molecule has 13 heavy (non-hydrogen) atoms. The molecule has 0 amide bonds. The molecule has 1 aliphatic heterocycles. The summed E-state index contributed by atoms with van der Waals surface area (Å²) in [7, 11) is 0. The fourth-order valence-electron chi connectivity index (χ4n) is 1.53. The van der Waals surface area contributed by atoms with E-state index >= 15 is 0 Å². The molecule has 1 aromatic carbocycles. The van der Waals surface area contributed by atoms with Gasteiger partial charge in [-0.15, -0.1) is 0 Å². The van der Waals surface area contributed by atoms with Crippen molar-refractivity contribution in [2.24, 2.45) is 5.73 Å². The van der Waals surface area contributed by atoms with Gasteiger partial charge in [0.05, 0.1) is 6.61 Å². The number of nitrogen functional groups attached to an aromatic ring is 1. The maximum Gasteiger partial charge on any atom is 0.165 e. The fraction of sp³-hybridized carbons (Fsp3) is 0.333. The highest BCUT2D eigenvalue weighted by molar-refractivity contribution is 5.57. The summed E-state index contributed by atoms with van der Waals surface area (Å²) in [5, 5.41) is 9.49. The van der Waals surface area contributed by atoms with Crippen LogP contribution in [0.25, 0.3) is 0 Å². The number of phenols is 1. The minimum absolute atomic E-state index is 0.0742. The van der Waals surface area contributed by atoms with Gasteiger partial charge in [-0.25, -0.2) is 0 Å². The first-order chi connectivity index (χ1) is 6.18. The number of hydrogen-bond acceptors (Lipinski definition) is 4. The van der Waals surface area contributed by atoms with Gasteiger partial charge in [0.1, 0.15) is 0 Å². The molecule has 4 nitrogen and oxygen atoms in total. The molecule has 1 atom stereocenters. The summed E-state index contributed by atoms with van der Waals surface area (Å²) in [5.41, 5.74) is 12.7. The maximum atomic E-state index is 9.49. The van der Waals surface area contributed by atoms with Crippen molar-refractivity contribution in [3.8, 4) is 11.5 Å². The number of nitrogens with two attached hydrogens (primary N) is 2. The molecule has 0 saturated heterocycles. The Labute approximate surface area is 76.1 Å². The van der Waals surface area contributed by atoms with E-state index in [2.05, 4.69) is 0 Å². The molecule has 4 heteroatoms. The molecule has 0 unspecified atom stereocenters. The monoisotopic (exact) mass is 180 g/mol. The Kier molecular flexibility index (Phi) is 1.77. The molecule has 1 aliphatic rings. The molecule has 1 aromatic rings. The van der Waals surface area contributed by atoms with E-state index in [0.29, 0.717) is 18.0 Å². The minimum atomic E-state index is -0.0850. The van der Waals surface area contributed by atoms with Crippen molar-refractivity contribution in [2.45, 2.75) is 12.5 Å². The van der Waals surface area contributed by atoms with Crippen LogP contribution in [0.4, 0.5) is 5.69 Å². The molecular formula is C9H12N2O2. The third kappa shape index (κ3) is 1.29. The summed E-state index contributed by atoms with van der Waals surface area (Å²) in [5.74, 6) is 0.554. The first-order valence-corrected chi connectivity index (χ1v) is 4.19. The first kappa shape index (κ1) is 8.19. The Balaban J connectivity index is 2.56. The van der Waals surface area contributed by atoms with Crippen LogP contribution in [0, 0.1) is 0 Å². The van der Waals surface area contributed by atoms with E-state index in [1.165, 1.54) is 6.07 Å². The Bertz CT molecular complexity index is 339. The number of phenolic OH excluding ortho intramolecular Hbond substituents is 1. The molecule has 2 rings (SSSR count). The van der Waals surface area contributed by atoms with Crippen LogP contribution in [0.5, 0.6) is 11.5 Å². The van der Waals surface area contributed by atoms with Gasteiger partial charge in [-0.05, 0) is 6.07 Å². The van der Waals surface area contributed by atoms with Crippen LogP contribution in [-0.4, -0.2) is 11.7 Å². The summed E-state index contributed by atoms with van der Waals surface area (Å²) < 4.78 is 5.29. The highest BCUT2D eigenvalue weighted by atomic mass is 16.5. The molecule has 0 spiro atoms. The van der Waals surface area contributed by atoms with E-state index in [0.717, 1.165) is 12.0 Å². The molecule has 0 aliphatic carbocycles. The third-order valence-electron chi connectivity index (χ3n) is 2.20.